The number of rotatable bonds is 7. The van der Waals surface area contributed by atoms with Crippen molar-refractivity contribution in [2.45, 2.75) is 31.8 Å². The molecule has 0 saturated carbocycles. The summed E-state index contributed by atoms with van der Waals surface area (Å²) in [5, 5.41) is 2.69. The minimum atomic E-state index is -3.97. The Labute approximate surface area is 181 Å². The number of halogens is 1. The van der Waals surface area contributed by atoms with Crippen molar-refractivity contribution in [2.24, 2.45) is 0 Å². The quantitative estimate of drug-likeness (QED) is 0.558. The summed E-state index contributed by atoms with van der Waals surface area (Å²) < 4.78 is 46.7. The Bertz CT molecular complexity index is 1190. The van der Waals surface area contributed by atoms with Gasteiger partial charge in [-0.05, 0) is 74.4 Å². The van der Waals surface area contributed by atoms with Crippen molar-refractivity contribution in [3.8, 4) is 5.75 Å². The fourth-order valence-electron chi connectivity index (χ4n) is 2.80. The second-order valence-electron chi connectivity index (χ2n) is 7.06. The summed E-state index contributed by atoms with van der Waals surface area (Å²) in [6.07, 6.45) is -0.758. The van der Waals surface area contributed by atoms with Crippen molar-refractivity contribution >= 4 is 27.3 Å². The summed E-state index contributed by atoms with van der Waals surface area (Å²) in [5.74, 6) is -0.419. The van der Waals surface area contributed by atoms with Crippen molar-refractivity contribution in [1.82, 2.24) is 0 Å². The lowest BCUT2D eigenvalue weighted by Crippen LogP contribution is -2.30. The molecule has 3 rings (SSSR count). The molecule has 31 heavy (non-hydrogen) atoms. The number of benzene rings is 3. The standard InChI is InChI=1S/C23H23FN2O4S/c1-15-7-6-10-22(16(15)2)30-17(3)23(27)25-18-11-13-19(14-12-18)31(28,29)26-21-9-5-4-8-20(21)24/h4-14,17,26H,1-3H3,(H,25,27)/t17-/m0/s1. The van der Waals surface area contributed by atoms with E-state index >= 15 is 0 Å². The van der Waals surface area contributed by atoms with E-state index in [9.17, 15) is 17.6 Å². The third kappa shape index (κ3) is 5.40. The van der Waals surface area contributed by atoms with Gasteiger partial charge in [-0.15, -0.1) is 0 Å². The summed E-state index contributed by atoms with van der Waals surface area (Å²) >= 11 is 0. The van der Waals surface area contributed by atoms with Gasteiger partial charge in [-0.25, -0.2) is 12.8 Å². The Balaban J connectivity index is 1.66. The smallest absolute Gasteiger partial charge is 0.265 e. The van der Waals surface area contributed by atoms with Gasteiger partial charge in [0.2, 0.25) is 0 Å². The maximum Gasteiger partial charge on any atom is 0.265 e. The van der Waals surface area contributed by atoms with Crippen LogP contribution in [-0.2, 0) is 14.8 Å². The van der Waals surface area contributed by atoms with E-state index in [1.807, 2.05) is 26.0 Å². The molecule has 0 radical (unpaired) electrons. The van der Waals surface area contributed by atoms with Gasteiger partial charge in [-0.3, -0.25) is 9.52 Å². The highest BCUT2D eigenvalue weighted by Gasteiger charge is 2.18. The molecule has 2 N–H and O–H groups in total. The topological polar surface area (TPSA) is 84.5 Å². The predicted molar refractivity (Wildman–Crippen MR) is 118 cm³/mol. The Kier molecular flexibility index (Phi) is 6.60. The molecule has 0 aliphatic carbocycles. The molecule has 1 amide bonds. The summed E-state index contributed by atoms with van der Waals surface area (Å²) in [5.41, 5.74) is 2.29. The Morgan fingerprint density at radius 1 is 0.968 bits per heavy atom. The van der Waals surface area contributed by atoms with E-state index < -0.39 is 21.9 Å². The van der Waals surface area contributed by atoms with Crippen LogP contribution in [0.15, 0.2) is 71.6 Å². The summed E-state index contributed by atoms with van der Waals surface area (Å²) in [6, 6.07) is 16.7. The maximum atomic E-state index is 13.7. The third-order valence-electron chi connectivity index (χ3n) is 4.78. The van der Waals surface area contributed by atoms with Crippen molar-refractivity contribution in [1.29, 1.82) is 0 Å². The van der Waals surface area contributed by atoms with Crippen LogP contribution in [0.2, 0.25) is 0 Å². The van der Waals surface area contributed by atoms with E-state index in [4.69, 9.17) is 4.74 Å². The fourth-order valence-corrected chi connectivity index (χ4v) is 3.87. The molecule has 0 unspecified atom stereocenters. The number of sulfonamides is 1. The monoisotopic (exact) mass is 442 g/mol. The van der Waals surface area contributed by atoms with E-state index in [0.717, 1.165) is 17.2 Å². The van der Waals surface area contributed by atoms with E-state index in [1.165, 1.54) is 42.5 Å². The van der Waals surface area contributed by atoms with Crippen LogP contribution in [0.5, 0.6) is 5.75 Å². The highest BCUT2D eigenvalue weighted by Crippen LogP contribution is 2.23. The van der Waals surface area contributed by atoms with Crippen LogP contribution in [0.3, 0.4) is 0 Å². The zero-order valence-corrected chi connectivity index (χ0v) is 18.2. The number of aryl methyl sites for hydroxylation is 1. The summed E-state index contributed by atoms with van der Waals surface area (Å²) in [7, 11) is -3.97. The largest absolute Gasteiger partial charge is 0.481 e. The van der Waals surface area contributed by atoms with Crippen LogP contribution in [-0.4, -0.2) is 20.4 Å². The van der Waals surface area contributed by atoms with Gasteiger partial charge in [-0.1, -0.05) is 24.3 Å². The lowest BCUT2D eigenvalue weighted by Gasteiger charge is -2.17. The van der Waals surface area contributed by atoms with Crippen LogP contribution in [0.4, 0.5) is 15.8 Å². The fraction of sp³-hybridized carbons (Fsp3) is 0.174. The van der Waals surface area contributed by atoms with Gasteiger partial charge in [0.05, 0.1) is 10.6 Å². The lowest BCUT2D eigenvalue weighted by molar-refractivity contribution is -0.122. The molecule has 3 aromatic carbocycles. The molecule has 0 bridgehead atoms. The molecule has 0 aliphatic rings. The molecular weight excluding hydrogens is 419 g/mol. The Hall–Kier alpha value is -3.39. The number of anilines is 2. The van der Waals surface area contributed by atoms with Crippen LogP contribution in [0.1, 0.15) is 18.1 Å². The lowest BCUT2D eigenvalue weighted by atomic mass is 10.1. The molecule has 0 heterocycles. The average molecular weight is 443 g/mol. The number of hydrogen-bond donors (Lipinski definition) is 2. The predicted octanol–water partition coefficient (Wildman–Crippen LogP) is 4.65. The minimum absolute atomic E-state index is 0.0616. The molecule has 6 nitrogen and oxygen atoms in total. The van der Waals surface area contributed by atoms with Gasteiger partial charge >= 0.3 is 0 Å². The molecule has 0 spiro atoms. The Morgan fingerprint density at radius 3 is 2.32 bits per heavy atom. The van der Waals surface area contributed by atoms with Crippen LogP contribution < -0.4 is 14.8 Å². The molecular formula is C23H23FN2O4S. The van der Waals surface area contributed by atoms with Crippen molar-refractivity contribution in [3.63, 3.8) is 0 Å². The molecule has 3 aromatic rings. The normalized spacial score (nSPS) is 12.1. The summed E-state index contributed by atoms with van der Waals surface area (Å²) in [4.78, 5) is 12.4. The highest BCUT2D eigenvalue weighted by atomic mass is 32.2. The molecule has 0 fully saturated rings. The summed E-state index contributed by atoms with van der Waals surface area (Å²) in [6.45, 7) is 5.52. The van der Waals surface area contributed by atoms with Gasteiger partial charge in [0.1, 0.15) is 11.6 Å². The average Bonchev–Trinajstić information content (AvgIpc) is 2.73. The van der Waals surface area contributed by atoms with E-state index in [0.29, 0.717) is 11.4 Å². The number of amides is 1. The van der Waals surface area contributed by atoms with Crippen molar-refractivity contribution in [3.05, 3.63) is 83.7 Å². The molecule has 0 saturated heterocycles. The first-order chi connectivity index (χ1) is 14.7. The molecule has 162 valence electrons. The first-order valence-electron chi connectivity index (χ1n) is 9.58. The first-order valence-corrected chi connectivity index (χ1v) is 11.1. The zero-order valence-electron chi connectivity index (χ0n) is 17.3. The second-order valence-corrected chi connectivity index (χ2v) is 8.74. The molecule has 1 atom stereocenters. The van der Waals surface area contributed by atoms with Crippen molar-refractivity contribution < 1.29 is 22.3 Å². The van der Waals surface area contributed by atoms with Gasteiger partial charge in [0, 0.05) is 5.69 Å². The number of hydrogen-bond acceptors (Lipinski definition) is 4. The molecule has 8 heteroatoms. The number of ether oxygens (including phenoxy) is 1. The molecule has 0 aliphatic heterocycles. The highest BCUT2D eigenvalue weighted by molar-refractivity contribution is 7.92. The number of carbonyl (C=O) groups excluding carboxylic acids is 1. The van der Waals surface area contributed by atoms with Gasteiger partial charge in [-0.2, -0.15) is 0 Å². The first kappa shape index (κ1) is 22.3. The van der Waals surface area contributed by atoms with Gasteiger partial charge in [0.25, 0.3) is 15.9 Å². The van der Waals surface area contributed by atoms with E-state index in [2.05, 4.69) is 10.0 Å². The van der Waals surface area contributed by atoms with Crippen molar-refractivity contribution in [2.75, 3.05) is 10.0 Å². The van der Waals surface area contributed by atoms with Gasteiger partial charge < -0.3 is 10.1 Å². The zero-order chi connectivity index (χ0) is 22.6. The van der Waals surface area contributed by atoms with E-state index in [1.54, 1.807) is 13.0 Å². The molecule has 0 aromatic heterocycles. The number of para-hydroxylation sites is 1. The second kappa shape index (κ2) is 9.18. The number of nitrogens with one attached hydrogen (secondary N) is 2. The van der Waals surface area contributed by atoms with Gasteiger partial charge in [0.15, 0.2) is 6.10 Å². The number of carbonyl (C=O) groups is 1. The van der Waals surface area contributed by atoms with Crippen LogP contribution >= 0.6 is 0 Å². The minimum Gasteiger partial charge on any atom is -0.481 e. The third-order valence-corrected chi connectivity index (χ3v) is 6.16. The van der Waals surface area contributed by atoms with Crippen LogP contribution in [0, 0.1) is 19.7 Å². The SMILES string of the molecule is Cc1cccc(O[C@@H](C)C(=O)Nc2ccc(S(=O)(=O)Nc3ccccc3F)cc2)c1C. The maximum absolute atomic E-state index is 13.7. The van der Waals surface area contributed by atoms with E-state index in [-0.39, 0.29) is 16.5 Å². The Morgan fingerprint density at radius 2 is 1.65 bits per heavy atom. The van der Waals surface area contributed by atoms with Crippen LogP contribution in [0.25, 0.3) is 0 Å².